The Kier molecular flexibility index (Phi) is 5.55. The highest BCUT2D eigenvalue weighted by molar-refractivity contribution is 9.10. The minimum absolute atomic E-state index is 0.00594. The molecule has 1 saturated heterocycles. The number of carbonyl (C=O) groups excluding carboxylic acids is 2. The molecule has 0 bridgehead atoms. The van der Waals surface area contributed by atoms with Crippen molar-refractivity contribution in [2.24, 2.45) is 0 Å². The van der Waals surface area contributed by atoms with Crippen molar-refractivity contribution < 1.29 is 9.59 Å². The first-order valence-corrected chi connectivity index (χ1v) is 7.48. The zero-order chi connectivity index (χ0) is 14.4. The Morgan fingerprint density at radius 3 is 2.55 bits per heavy atom. The molecule has 1 aliphatic heterocycles. The van der Waals surface area contributed by atoms with Crippen LogP contribution in [0.1, 0.15) is 12.8 Å². The lowest BCUT2D eigenvalue weighted by Gasteiger charge is -2.14. The number of benzene rings is 1. The van der Waals surface area contributed by atoms with E-state index in [0.717, 1.165) is 30.4 Å². The number of hydrogen-bond acceptors (Lipinski definition) is 3. The summed E-state index contributed by atoms with van der Waals surface area (Å²) >= 11 is 3.35. The summed E-state index contributed by atoms with van der Waals surface area (Å²) in [7, 11) is 0. The molecule has 2 amide bonds. The lowest BCUT2D eigenvalue weighted by molar-refractivity contribution is -0.124. The predicted octanol–water partition coefficient (Wildman–Crippen LogP) is 1.60. The number of likely N-dealkylation sites (tertiary alicyclic amines) is 1. The average Bonchev–Trinajstić information content (AvgIpc) is 2.92. The molecule has 6 heteroatoms. The van der Waals surface area contributed by atoms with Crippen LogP contribution in [-0.2, 0) is 9.59 Å². The van der Waals surface area contributed by atoms with Crippen molar-refractivity contribution in [2.75, 3.05) is 31.5 Å². The molecule has 5 nitrogen and oxygen atoms in total. The Morgan fingerprint density at radius 2 is 1.85 bits per heavy atom. The SMILES string of the molecule is O=C(CN1CCCC1)NCC(=O)Nc1ccccc1Br. The van der Waals surface area contributed by atoms with E-state index >= 15 is 0 Å². The maximum atomic E-state index is 11.7. The molecule has 2 rings (SSSR count). The second kappa shape index (κ2) is 7.40. The normalized spacial score (nSPS) is 15.1. The summed E-state index contributed by atoms with van der Waals surface area (Å²) in [4.78, 5) is 25.5. The van der Waals surface area contributed by atoms with Gasteiger partial charge in [-0.2, -0.15) is 0 Å². The number of amides is 2. The van der Waals surface area contributed by atoms with Crippen molar-refractivity contribution in [3.8, 4) is 0 Å². The third kappa shape index (κ3) is 4.61. The van der Waals surface area contributed by atoms with Crippen LogP contribution in [0.15, 0.2) is 28.7 Å². The van der Waals surface area contributed by atoms with Gasteiger partial charge in [0.2, 0.25) is 11.8 Å². The van der Waals surface area contributed by atoms with Crippen LogP contribution < -0.4 is 10.6 Å². The Labute approximate surface area is 126 Å². The van der Waals surface area contributed by atoms with E-state index in [1.165, 1.54) is 0 Å². The van der Waals surface area contributed by atoms with E-state index in [9.17, 15) is 9.59 Å². The van der Waals surface area contributed by atoms with Crippen molar-refractivity contribution in [2.45, 2.75) is 12.8 Å². The molecule has 0 saturated carbocycles. The molecule has 0 aromatic heterocycles. The molecule has 1 aromatic carbocycles. The number of hydrogen-bond donors (Lipinski definition) is 2. The van der Waals surface area contributed by atoms with E-state index in [2.05, 4.69) is 31.5 Å². The van der Waals surface area contributed by atoms with Gasteiger partial charge in [0.1, 0.15) is 0 Å². The molecule has 0 spiro atoms. The van der Waals surface area contributed by atoms with E-state index in [4.69, 9.17) is 0 Å². The van der Waals surface area contributed by atoms with E-state index in [-0.39, 0.29) is 18.4 Å². The average molecular weight is 340 g/mol. The van der Waals surface area contributed by atoms with Gasteiger partial charge in [0, 0.05) is 4.47 Å². The summed E-state index contributed by atoms with van der Waals surface area (Å²) in [6.07, 6.45) is 2.30. The predicted molar refractivity (Wildman–Crippen MR) is 81.5 cm³/mol. The highest BCUT2D eigenvalue weighted by Gasteiger charge is 2.15. The third-order valence-electron chi connectivity index (χ3n) is 3.16. The monoisotopic (exact) mass is 339 g/mol. The van der Waals surface area contributed by atoms with Crippen molar-refractivity contribution in [3.63, 3.8) is 0 Å². The smallest absolute Gasteiger partial charge is 0.243 e. The van der Waals surface area contributed by atoms with Crippen molar-refractivity contribution >= 4 is 33.4 Å². The van der Waals surface area contributed by atoms with Crippen LogP contribution in [0.4, 0.5) is 5.69 Å². The summed E-state index contributed by atoms with van der Waals surface area (Å²) in [5, 5.41) is 5.39. The van der Waals surface area contributed by atoms with Gasteiger partial charge in [0.05, 0.1) is 18.8 Å². The lowest BCUT2D eigenvalue weighted by atomic mass is 10.3. The van der Waals surface area contributed by atoms with Gasteiger partial charge in [0.25, 0.3) is 0 Å². The first kappa shape index (κ1) is 15.0. The zero-order valence-electron chi connectivity index (χ0n) is 11.2. The highest BCUT2D eigenvalue weighted by atomic mass is 79.9. The molecule has 1 aliphatic rings. The maximum Gasteiger partial charge on any atom is 0.243 e. The van der Waals surface area contributed by atoms with Crippen LogP contribution in [0.5, 0.6) is 0 Å². The van der Waals surface area contributed by atoms with Crippen molar-refractivity contribution in [1.29, 1.82) is 0 Å². The molecule has 20 heavy (non-hydrogen) atoms. The number of nitrogens with zero attached hydrogens (tertiary/aromatic N) is 1. The fourth-order valence-electron chi connectivity index (χ4n) is 2.14. The fourth-order valence-corrected chi connectivity index (χ4v) is 2.52. The van der Waals surface area contributed by atoms with Crippen LogP contribution in [-0.4, -0.2) is 42.9 Å². The van der Waals surface area contributed by atoms with Crippen molar-refractivity contribution in [1.82, 2.24) is 10.2 Å². The number of anilines is 1. The van der Waals surface area contributed by atoms with E-state index in [0.29, 0.717) is 12.2 Å². The van der Waals surface area contributed by atoms with E-state index < -0.39 is 0 Å². The summed E-state index contributed by atoms with van der Waals surface area (Å²) in [5.41, 5.74) is 0.700. The van der Waals surface area contributed by atoms with Gasteiger partial charge in [0.15, 0.2) is 0 Å². The second-order valence-corrected chi connectivity index (χ2v) is 5.64. The standard InChI is InChI=1S/C14H18BrN3O2/c15-11-5-1-2-6-12(11)17-13(19)9-16-14(20)10-18-7-3-4-8-18/h1-2,5-6H,3-4,7-10H2,(H,16,20)(H,17,19). The maximum absolute atomic E-state index is 11.7. The van der Waals surface area contributed by atoms with Crippen LogP contribution >= 0.6 is 15.9 Å². The van der Waals surface area contributed by atoms with Gasteiger partial charge in [-0.25, -0.2) is 0 Å². The van der Waals surface area contributed by atoms with Crippen molar-refractivity contribution in [3.05, 3.63) is 28.7 Å². The molecule has 1 fully saturated rings. The molecule has 0 atom stereocenters. The number of nitrogens with one attached hydrogen (secondary N) is 2. The number of para-hydroxylation sites is 1. The summed E-state index contributed by atoms with van der Waals surface area (Å²) in [6, 6.07) is 7.36. The largest absolute Gasteiger partial charge is 0.346 e. The molecule has 1 aromatic rings. The van der Waals surface area contributed by atoms with Gasteiger partial charge in [-0.05, 0) is 54.0 Å². The first-order valence-electron chi connectivity index (χ1n) is 6.68. The lowest BCUT2D eigenvalue weighted by Crippen LogP contribution is -2.39. The second-order valence-electron chi connectivity index (χ2n) is 4.79. The Hall–Kier alpha value is -1.40. The van der Waals surface area contributed by atoms with Crippen LogP contribution in [0.25, 0.3) is 0 Å². The molecule has 0 unspecified atom stereocenters. The summed E-state index contributed by atoms with van der Waals surface area (Å²) in [5.74, 6) is -0.333. The molecule has 108 valence electrons. The van der Waals surface area contributed by atoms with Crippen LogP contribution in [0.3, 0.4) is 0 Å². The zero-order valence-corrected chi connectivity index (χ0v) is 12.8. The molecular formula is C14H18BrN3O2. The van der Waals surface area contributed by atoms with Gasteiger partial charge >= 0.3 is 0 Å². The fraction of sp³-hybridized carbons (Fsp3) is 0.429. The minimum atomic E-state index is -0.230. The van der Waals surface area contributed by atoms with Gasteiger partial charge in [-0.3, -0.25) is 14.5 Å². The number of rotatable bonds is 5. The molecule has 0 radical (unpaired) electrons. The molecular weight excluding hydrogens is 322 g/mol. The van der Waals surface area contributed by atoms with Gasteiger partial charge in [-0.15, -0.1) is 0 Å². The van der Waals surface area contributed by atoms with E-state index in [1.807, 2.05) is 18.2 Å². The third-order valence-corrected chi connectivity index (χ3v) is 3.85. The Morgan fingerprint density at radius 1 is 1.15 bits per heavy atom. The van der Waals surface area contributed by atoms with Crippen LogP contribution in [0.2, 0.25) is 0 Å². The molecule has 2 N–H and O–H groups in total. The Bertz CT molecular complexity index is 487. The summed E-state index contributed by atoms with van der Waals surface area (Å²) < 4.78 is 0.816. The first-order chi connectivity index (χ1) is 9.65. The quantitative estimate of drug-likeness (QED) is 0.856. The van der Waals surface area contributed by atoms with Gasteiger partial charge in [-0.1, -0.05) is 12.1 Å². The van der Waals surface area contributed by atoms with Gasteiger partial charge < -0.3 is 10.6 Å². The van der Waals surface area contributed by atoms with Crippen LogP contribution in [0, 0.1) is 0 Å². The Balaban J connectivity index is 1.72. The molecule has 0 aliphatic carbocycles. The number of halogens is 1. The minimum Gasteiger partial charge on any atom is -0.346 e. The molecule has 1 heterocycles. The summed E-state index contributed by atoms with van der Waals surface area (Å²) in [6.45, 7) is 2.31. The topological polar surface area (TPSA) is 61.4 Å². The van der Waals surface area contributed by atoms with E-state index in [1.54, 1.807) is 6.07 Å². The number of carbonyl (C=O) groups is 2. The highest BCUT2D eigenvalue weighted by Crippen LogP contribution is 2.20.